The number of nitrogens with two attached hydrogens (primary N) is 1. The number of hydrogen-bond acceptors (Lipinski definition) is 6. The predicted octanol–water partition coefficient (Wildman–Crippen LogP) is 1.65. The van der Waals surface area contributed by atoms with Gasteiger partial charge in [-0.05, 0) is 24.3 Å². The summed E-state index contributed by atoms with van der Waals surface area (Å²) in [5, 5.41) is 18.9. The summed E-state index contributed by atoms with van der Waals surface area (Å²) in [5.74, 6) is -1.08. The fourth-order valence-electron chi connectivity index (χ4n) is 2.56. The summed E-state index contributed by atoms with van der Waals surface area (Å²) >= 11 is 0. The smallest absolute Gasteiger partial charge is 0.271 e. The molecular formula is C17H15N5O4. The molecule has 0 saturated carbocycles. The Morgan fingerprint density at radius 2 is 1.81 bits per heavy atom. The summed E-state index contributed by atoms with van der Waals surface area (Å²) in [4.78, 5) is 34.3. The lowest BCUT2D eigenvalue weighted by Crippen LogP contribution is -2.39. The minimum absolute atomic E-state index is 0.0725. The highest BCUT2D eigenvalue weighted by atomic mass is 16.6. The molecule has 9 heteroatoms. The lowest BCUT2D eigenvalue weighted by Gasteiger charge is -2.20. The van der Waals surface area contributed by atoms with Gasteiger partial charge in [-0.25, -0.2) is 0 Å². The first-order chi connectivity index (χ1) is 12.5. The number of nitrogens with zero attached hydrogens (tertiary/aromatic N) is 3. The first-order valence-electron chi connectivity index (χ1n) is 7.72. The molecule has 0 bridgehead atoms. The van der Waals surface area contributed by atoms with E-state index in [-0.39, 0.29) is 17.8 Å². The van der Waals surface area contributed by atoms with Gasteiger partial charge in [-0.3, -0.25) is 24.7 Å². The van der Waals surface area contributed by atoms with Crippen molar-refractivity contribution in [2.75, 3.05) is 10.3 Å². The number of amides is 2. The second kappa shape index (κ2) is 7.01. The zero-order valence-corrected chi connectivity index (χ0v) is 13.5. The third-order valence-electron chi connectivity index (χ3n) is 3.86. The predicted molar refractivity (Wildman–Crippen MR) is 95.7 cm³/mol. The van der Waals surface area contributed by atoms with Gasteiger partial charge in [-0.15, -0.1) is 0 Å². The van der Waals surface area contributed by atoms with Crippen LogP contribution in [0.1, 0.15) is 6.42 Å². The summed E-state index contributed by atoms with van der Waals surface area (Å²) in [6.07, 6.45) is 0.0725. The fraction of sp³-hybridized carbons (Fsp3) is 0.118. The molecule has 26 heavy (non-hydrogen) atoms. The molecule has 2 aromatic rings. The normalized spacial score (nSPS) is 16.1. The molecule has 3 N–H and O–H groups in total. The summed E-state index contributed by atoms with van der Waals surface area (Å²) in [6.45, 7) is 0. The highest BCUT2D eigenvalue weighted by Crippen LogP contribution is 2.25. The van der Waals surface area contributed by atoms with Gasteiger partial charge in [0.15, 0.2) is 0 Å². The first-order valence-corrected chi connectivity index (χ1v) is 7.72. The van der Waals surface area contributed by atoms with Gasteiger partial charge in [-0.2, -0.15) is 5.10 Å². The van der Waals surface area contributed by atoms with Gasteiger partial charge in [0.2, 0.25) is 5.91 Å². The molecule has 1 aliphatic rings. The minimum Gasteiger partial charge on any atom is -0.368 e. The Balaban J connectivity index is 1.78. The Morgan fingerprint density at radius 3 is 2.38 bits per heavy atom. The van der Waals surface area contributed by atoms with Crippen LogP contribution in [-0.2, 0) is 9.59 Å². The Morgan fingerprint density at radius 1 is 1.15 bits per heavy atom. The molecule has 3 rings (SSSR count). The quantitative estimate of drug-likeness (QED) is 0.623. The largest absolute Gasteiger partial charge is 0.368 e. The van der Waals surface area contributed by atoms with E-state index >= 15 is 0 Å². The highest BCUT2D eigenvalue weighted by Gasteiger charge is 2.34. The van der Waals surface area contributed by atoms with Crippen LogP contribution in [0.3, 0.4) is 0 Å². The van der Waals surface area contributed by atoms with E-state index in [1.165, 1.54) is 29.3 Å². The average Bonchev–Trinajstić information content (AvgIpc) is 3.09. The Kier molecular flexibility index (Phi) is 4.61. The van der Waals surface area contributed by atoms with E-state index in [4.69, 9.17) is 5.73 Å². The van der Waals surface area contributed by atoms with Crippen LogP contribution in [0.2, 0.25) is 0 Å². The van der Waals surface area contributed by atoms with Crippen LogP contribution in [0.15, 0.2) is 59.7 Å². The van der Waals surface area contributed by atoms with Crippen molar-refractivity contribution >= 4 is 34.6 Å². The van der Waals surface area contributed by atoms with Gasteiger partial charge in [0.05, 0.1) is 10.6 Å². The van der Waals surface area contributed by atoms with E-state index in [1.807, 2.05) is 6.07 Å². The molecule has 1 aliphatic heterocycles. The van der Waals surface area contributed by atoms with E-state index in [1.54, 1.807) is 24.3 Å². The van der Waals surface area contributed by atoms with Crippen molar-refractivity contribution in [3.05, 3.63) is 64.7 Å². The molecule has 2 amide bonds. The van der Waals surface area contributed by atoms with Crippen molar-refractivity contribution in [2.45, 2.75) is 12.5 Å². The van der Waals surface area contributed by atoms with Crippen molar-refractivity contribution in [3.8, 4) is 0 Å². The molecular weight excluding hydrogens is 338 g/mol. The molecule has 1 unspecified atom stereocenters. The third kappa shape index (κ3) is 3.51. The topological polar surface area (TPSA) is 131 Å². The second-order valence-electron chi connectivity index (χ2n) is 5.61. The van der Waals surface area contributed by atoms with Gasteiger partial charge >= 0.3 is 0 Å². The van der Waals surface area contributed by atoms with Crippen LogP contribution in [0.4, 0.5) is 17.1 Å². The van der Waals surface area contributed by atoms with E-state index in [0.29, 0.717) is 11.4 Å². The number of nitro groups is 1. The van der Waals surface area contributed by atoms with Gasteiger partial charge in [0, 0.05) is 24.2 Å². The summed E-state index contributed by atoms with van der Waals surface area (Å²) in [5.41, 5.74) is 6.54. The van der Waals surface area contributed by atoms with E-state index in [9.17, 15) is 19.7 Å². The van der Waals surface area contributed by atoms with Crippen molar-refractivity contribution in [3.63, 3.8) is 0 Å². The molecule has 0 spiro atoms. The Bertz CT molecular complexity index is 880. The maximum Gasteiger partial charge on any atom is 0.271 e. The summed E-state index contributed by atoms with van der Waals surface area (Å²) in [7, 11) is 0. The van der Waals surface area contributed by atoms with Crippen LogP contribution < -0.4 is 16.1 Å². The van der Waals surface area contributed by atoms with E-state index in [0.717, 1.165) is 0 Å². The lowest BCUT2D eigenvalue weighted by atomic mass is 10.1. The number of anilines is 2. The Hall–Kier alpha value is -3.75. The number of benzene rings is 2. The standard InChI is InChI=1S/C17H15N5O4/c18-16(23)15-10-14(20-21(15)12-4-2-1-3-5-12)17(24)19-11-6-8-13(9-7-11)22(25)26/h1-9,15H,10H2,(H2,18,23)(H,19,24). The van der Waals surface area contributed by atoms with E-state index < -0.39 is 22.8 Å². The number of hydrogen-bond donors (Lipinski definition) is 2. The van der Waals surface area contributed by atoms with Crippen molar-refractivity contribution in [2.24, 2.45) is 10.8 Å². The zero-order valence-electron chi connectivity index (χ0n) is 13.5. The SMILES string of the molecule is NC(=O)C1CC(C(=O)Nc2ccc([N+](=O)[O-])cc2)=NN1c1ccccc1. The molecule has 1 heterocycles. The number of nitro benzene ring substituents is 1. The third-order valence-corrected chi connectivity index (χ3v) is 3.86. The number of non-ortho nitro benzene ring substituents is 1. The van der Waals surface area contributed by atoms with Crippen LogP contribution in [0, 0.1) is 10.1 Å². The highest BCUT2D eigenvalue weighted by molar-refractivity contribution is 6.44. The monoisotopic (exact) mass is 353 g/mol. The zero-order chi connectivity index (χ0) is 18.7. The van der Waals surface area contributed by atoms with Crippen LogP contribution in [0.25, 0.3) is 0 Å². The minimum atomic E-state index is -0.755. The maximum absolute atomic E-state index is 12.4. The average molecular weight is 353 g/mol. The van der Waals surface area contributed by atoms with Gasteiger partial charge < -0.3 is 11.1 Å². The number of carbonyl (C=O) groups is 2. The molecule has 0 radical (unpaired) electrons. The van der Waals surface area contributed by atoms with Crippen molar-refractivity contribution < 1.29 is 14.5 Å². The molecule has 0 aromatic heterocycles. The first kappa shape index (κ1) is 17.1. The van der Waals surface area contributed by atoms with Gasteiger partial charge in [0.1, 0.15) is 11.8 Å². The lowest BCUT2D eigenvalue weighted by molar-refractivity contribution is -0.384. The van der Waals surface area contributed by atoms with Gasteiger partial charge in [-0.1, -0.05) is 18.2 Å². The van der Waals surface area contributed by atoms with Crippen molar-refractivity contribution in [1.82, 2.24) is 0 Å². The summed E-state index contributed by atoms with van der Waals surface area (Å²) < 4.78 is 0. The molecule has 1 atom stereocenters. The van der Waals surface area contributed by atoms with Gasteiger partial charge in [0.25, 0.3) is 11.6 Å². The van der Waals surface area contributed by atoms with Crippen molar-refractivity contribution in [1.29, 1.82) is 0 Å². The fourth-order valence-corrected chi connectivity index (χ4v) is 2.56. The van der Waals surface area contributed by atoms with Crippen LogP contribution in [-0.4, -0.2) is 28.5 Å². The summed E-state index contributed by atoms with van der Waals surface area (Å²) in [6, 6.07) is 13.6. The number of rotatable bonds is 5. The number of carbonyl (C=O) groups excluding carboxylic acids is 2. The van der Waals surface area contributed by atoms with E-state index in [2.05, 4.69) is 10.4 Å². The molecule has 0 aliphatic carbocycles. The van der Waals surface area contributed by atoms with Crippen LogP contribution in [0.5, 0.6) is 0 Å². The maximum atomic E-state index is 12.4. The molecule has 0 fully saturated rings. The Labute approximate surface area is 148 Å². The number of para-hydroxylation sites is 1. The molecule has 132 valence electrons. The second-order valence-corrected chi connectivity index (χ2v) is 5.61. The number of nitrogens with one attached hydrogen (secondary N) is 1. The van der Waals surface area contributed by atoms with Crippen LogP contribution >= 0.6 is 0 Å². The molecule has 2 aromatic carbocycles. The molecule has 9 nitrogen and oxygen atoms in total. The number of primary amides is 1. The number of hydrazone groups is 1. The molecule has 0 saturated heterocycles.